The second kappa shape index (κ2) is 17.2. The highest BCUT2D eigenvalue weighted by Gasteiger charge is 2.56. The fourth-order valence-electron chi connectivity index (χ4n) is 7.72. The highest BCUT2D eigenvalue weighted by atomic mass is 16.7. The Balaban J connectivity index is 1.70. The maximum absolute atomic E-state index is 14.0. The molecule has 2 saturated heterocycles. The Morgan fingerprint density at radius 3 is 2.37 bits per heavy atom. The summed E-state index contributed by atoms with van der Waals surface area (Å²) in [6.45, 7) is 9.71. The van der Waals surface area contributed by atoms with E-state index in [2.05, 4.69) is 13.0 Å². The first kappa shape index (κ1) is 39.3. The molecule has 7 unspecified atom stereocenters. The summed E-state index contributed by atoms with van der Waals surface area (Å²) in [5.74, 6) is -5.62. The summed E-state index contributed by atoms with van der Waals surface area (Å²) in [4.78, 5) is 56.4. The van der Waals surface area contributed by atoms with E-state index in [0.29, 0.717) is 50.4 Å². The molecule has 11 atom stereocenters. The molecule has 1 amide bonds. The van der Waals surface area contributed by atoms with Crippen molar-refractivity contribution in [1.29, 1.82) is 0 Å². The van der Waals surface area contributed by atoms with Gasteiger partial charge in [-0.1, -0.05) is 38.5 Å². The molecular weight excluding hydrogens is 630 g/mol. The molecule has 0 aromatic heterocycles. The van der Waals surface area contributed by atoms with Crippen molar-refractivity contribution >= 4 is 23.4 Å². The lowest BCUT2D eigenvalue weighted by atomic mass is 9.83. The van der Waals surface area contributed by atoms with Crippen LogP contribution in [0.25, 0.3) is 0 Å². The number of Topliss-reactive ketones (excluding diaryl/α,β-unsaturated/α-hetero) is 2. The lowest BCUT2D eigenvalue weighted by molar-refractivity contribution is -0.302. The van der Waals surface area contributed by atoms with Gasteiger partial charge in [0.15, 0.2) is 0 Å². The Morgan fingerprint density at radius 1 is 1.04 bits per heavy atom. The van der Waals surface area contributed by atoms with E-state index in [1.54, 1.807) is 6.92 Å². The van der Waals surface area contributed by atoms with Crippen LogP contribution in [0.2, 0.25) is 0 Å². The third-order valence-electron chi connectivity index (χ3n) is 11.2. The number of nitrogens with zero attached hydrogens (tertiary/aromatic N) is 1. The van der Waals surface area contributed by atoms with Gasteiger partial charge < -0.3 is 34.1 Å². The van der Waals surface area contributed by atoms with Crippen LogP contribution in [0.5, 0.6) is 0 Å². The Kier molecular flexibility index (Phi) is 13.8. The molecule has 0 spiro atoms. The number of carbonyl (C=O) groups is 4. The largest absolute Gasteiger partial charge is 0.456 e. The van der Waals surface area contributed by atoms with Gasteiger partial charge in [-0.15, -0.1) is 0 Å². The van der Waals surface area contributed by atoms with E-state index in [9.17, 15) is 29.4 Å². The molecule has 0 aromatic carbocycles. The number of carbonyl (C=O) groups excluding carboxylic acids is 4. The summed E-state index contributed by atoms with van der Waals surface area (Å²) < 4.78 is 23.8. The standard InChI is InChI=1S/C38H59NO10/c1-8-26-16-22(2)12-11-14-31(46-6)34-33(47-7)19-25(5)38(45,49-34)35(42)36(43)39-15-10-9-13-29(39)37(44)48-32(21-28(40)20-30(26)41)24(4)18-27-17-23(27)3/h16,18,23,25-29,31-34,40,45H,8-15,17,19-21H2,1-7H3/b22-16+,24-18+/t23?,25?,26?,27?,28-,29-,31-,32-,33?,34?,38?/m0/s1. The van der Waals surface area contributed by atoms with Gasteiger partial charge in [0, 0.05) is 45.4 Å². The van der Waals surface area contributed by atoms with E-state index in [0.717, 1.165) is 17.6 Å². The van der Waals surface area contributed by atoms with E-state index in [-0.39, 0.29) is 43.9 Å². The zero-order valence-electron chi connectivity index (χ0n) is 30.5. The number of piperidine rings is 1. The van der Waals surface area contributed by atoms with Crippen LogP contribution in [-0.4, -0.2) is 102 Å². The lowest BCUT2D eigenvalue weighted by Gasteiger charge is -2.46. The molecule has 1 aliphatic carbocycles. The summed E-state index contributed by atoms with van der Waals surface area (Å²) in [6, 6.07) is -1.05. The van der Waals surface area contributed by atoms with Gasteiger partial charge >= 0.3 is 5.97 Å². The highest BCUT2D eigenvalue weighted by Crippen LogP contribution is 2.41. The number of hydrogen-bond donors (Lipinski definition) is 2. The zero-order chi connectivity index (χ0) is 36.0. The van der Waals surface area contributed by atoms with E-state index < -0.39 is 65.9 Å². The van der Waals surface area contributed by atoms with Gasteiger partial charge in [-0.2, -0.15) is 0 Å². The minimum absolute atomic E-state index is 0.0329. The third-order valence-corrected chi connectivity index (χ3v) is 11.2. The molecule has 4 aliphatic rings. The van der Waals surface area contributed by atoms with Gasteiger partial charge in [-0.25, -0.2) is 4.79 Å². The van der Waals surface area contributed by atoms with Gasteiger partial charge in [0.2, 0.25) is 5.79 Å². The van der Waals surface area contributed by atoms with Crippen molar-refractivity contribution in [1.82, 2.24) is 4.90 Å². The quantitative estimate of drug-likeness (QED) is 0.241. The van der Waals surface area contributed by atoms with E-state index in [1.807, 2.05) is 26.8 Å². The second-order valence-corrected chi connectivity index (χ2v) is 15.0. The van der Waals surface area contributed by atoms with Gasteiger partial charge in [-0.05, 0) is 89.0 Å². The number of hydrogen-bond acceptors (Lipinski definition) is 10. The molecule has 49 heavy (non-hydrogen) atoms. The number of esters is 1. The maximum atomic E-state index is 14.0. The first-order valence-electron chi connectivity index (χ1n) is 18.3. The smallest absolute Gasteiger partial charge is 0.329 e. The van der Waals surface area contributed by atoms with Crippen molar-refractivity contribution in [3.05, 3.63) is 23.3 Å². The number of aliphatic hydroxyl groups excluding tert-OH is 1. The molecule has 2 bridgehead atoms. The monoisotopic (exact) mass is 689 g/mol. The Bertz CT molecular complexity index is 1260. The van der Waals surface area contributed by atoms with Gasteiger partial charge in [0.05, 0.1) is 18.3 Å². The Morgan fingerprint density at radius 2 is 1.73 bits per heavy atom. The average Bonchev–Trinajstić information content (AvgIpc) is 3.78. The van der Waals surface area contributed by atoms with Crippen LogP contribution in [0.3, 0.4) is 0 Å². The lowest BCUT2D eigenvalue weighted by Crippen LogP contribution is -2.64. The average molecular weight is 690 g/mol. The molecule has 3 aliphatic heterocycles. The van der Waals surface area contributed by atoms with E-state index in [1.165, 1.54) is 19.1 Å². The molecule has 3 fully saturated rings. The first-order chi connectivity index (χ1) is 23.2. The number of methoxy groups -OCH3 is 2. The van der Waals surface area contributed by atoms with Crippen LogP contribution in [0, 0.1) is 23.7 Å². The highest BCUT2D eigenvalue weighted by molar-refractivity contribution is 6.39. The van der Waals surface area contributed by atoms with Crippen LogP contribution in [0.1, 0.15) is 105 Å². The van der Waals surface area contributed by atoms with Crippen LogP contribution in [0.4, 0.5) is 0 Å². The zero-order valence-corrected chi connectivity index (χ0v) is 30.5. The van der Waals surface area contributed by atoms with Crippen molar-refractivity contribution in [3.8, 4) is 0 Å². The second-order valence-electron chi connectivity index (χ2n) is 15.0. The van der Waals surface area contributed by atoms with Gasteiger partial charge in [0.25, 0.3) is 11.7 Å². The minimum atomic E-state index is -2.45. The van der Waals surface area contributed by atoms with Crippen LogP contribution in [-0.2, 0) is 38.1 Å². The SMILES string of the molecule is CCC1/C=C(\C)CCC[C@H](OC)C2OC(O)(C(=O)C(=O)N3CCCC[C@H]3C(=O)O[C@H](/C(C)=C/C3CC3C)C[C@@H](O)CC1=O)C(C)CC2OC. The fourth-order valence-corrected chi connectivity index (χ4v) is 7.72. The summed E-state index contributed by atoms with van der Waals surface area (Å²) in [5, 5.41) is 23.0. The maximum Gasteiger partial charge on any atom is 0.329 e. The molecule has 2 N–H and O–H groups in total. The number of ether oxygens (including phenoxy) is 4. The number of rotatable bonds is 5. The van der Waals surface area contributed by atoms with Crippen molar-refractivity contribution in [2.45, 2.75) is 148 Å². The molecule has 0 radical (unpaired) electrons. The molecule has 1 saturated carbocycles. The number of cyclic esters (lactones) is 1. The van der Waals surface area contributed by atoms with Crippen LogP contribution in [0.15, 0.2) is 23.3 Å². The summed E-state index contributed by atoms with van der Waals surface area (Å²) in [5.41, 5.74) is 1.81. The van der Waals surface area contributed by atoms with Crippen molar-refractivity contribution in [3.63, 3.8) is 0 Å². The molecule has 276 valence electrons. The molecule has 11 heteroatoms. The normalized spacial score (nSPS) is 40.5. The molecule has 3 heterocycles. The summed E-state index contributed by atoms with van der Waals surface area (Å²) in [6.07, 6.45) is 5.45. The topological polar surface area (TPSA) is 149 Å². The van der Waals surface area contributed by atoms with Crippen molar-refractivity contribution < 1.29 is 48.3 Å². The molecule has 4 rings (SSSR count). The van der Waals surface area contributed by atoms with Gasteiger partial charge in [0.1, 0.15) is 24.0 Å². The predicted octanol–water partition coefficient (Wildman–Crippen LogP) is 4.46. The molecule has 11 nitrogen and oxygen atoms in total. The summed E-state index contributed by atoms with van der Waals surface area (Å²) >= 11 is 0. The molecule has 0 aromatic rings. The summed E-state index contributed by atoms with van der Waals surface area (Å²) in [7, 11) is 3.07. The van der Waals surface area contributed by atoms with E-state index in [4.69, 9.17) is 18.9 Å². The number of aliphatic hydroxyl groups is 2. The Labute approximate surface area is 291 Å². The van der Waals surface area contributed by atoms with Crippen LogP contribution >= 0.6 is 0 Å². The third kappa shape index (κ3) is 9.47. The number of fused-ring (bicyclic) bond motifs is 3. The predicted molar refractivity (Wildman–Crippen MR) is 182 cm³/mol. The minimum Gasteiger partial charge on any atom is -0.456 e. The van der Waals surface area contributed by atoms with Crippen molar-refractivity contribution in [2.24, 2.45) is 23.7 Å². The van der Waals surface area contributed by atoms with Crippen LogP contribution < -0.4 is 0 Å². The first-order valence-corrected chi connectivity index (χ1v) is 18.3. The fraction of sp³-hybridized carbons (Fsp3) is 0.789. The van der Waals surface area contributed by atoms with Gasteiger partial charge in [-0.3, -0.25) is 14.4 Å². The van der Waals surface area contributed by atoms with Crippen molar-refractivity contribution in [2.75, 3.05) is 20.8 Å². The number of amides is 1. The molecular formula is C38H59NO10. The number of ketones is 2. The van der Waals surface area contributed by atoms with E-state index >= 15 is 0 Å². The number of allylic oxidation sites excluding steroid dienone is 3. The Hall–Kier alpha value is -2.44.